The molecule has 8 nitrogen and oxygen atoms in total. The Labute approximate surface area is 200 Å². The smallest absolute Gasteiger partial charge is 0.222 e. The molecule has 0 unspecified atom stereocenters. The molecular formula is C25H32N4O4S. The number of piperidine rings is 1. The first-order chi connectivity index (χ1) is 16.3. The lowest BCUT2D eigenvalue weighted by Gasteiger charge is -2.32. The molecule has 3 aromatic rings. The number of nitrogens with one attached hydrogen (secondary N) is 2. The van der Waals surface area contributed by atoms with Crippen molar-refractivity contribution in [3.8, 4) is 16.9 Å². The number of aromatic nitrogens is 2. The van der Waals surface area contributed by atoms with Gasteiger partial charge in [-0.25, -0.2) is 18.1 Å². The lowest BCUT2D eigenvalue weighted by molar-refractivity contribution is -0.132. The number of hydrogen-bond donors (Lipinski definition) is 2. The minimum atomic E-state index is -3.24. The van der Waals surface area contributed by atoms with Crippen LogP contribution in [0.2, 0.25) is 0 Å². The molecule has 0 spiro atoms. The molecule has 0 radical (unpaired) electrons. The molecule has 1 aliphatic rings. The van der Waals surface area contributed by atoms with Crippen molar-refractivity contribution >= 4 is 27.0 Å². The standard InChI is InChI=1S/C25H32N4O4S/c1-3-4-23(30)29-13-10-19(11-14-29)17-33-22-9-12-26-25-24(22)21(16-27-25)20-7-5-18(6-8-20)15-28-34(2,31)32/h5-9,12,16,19,28H,3-4,10-11,13-15,17H2,1-2H3,(H,26,27). The minimum absolute atomic E-state index is 0.256. The van der Waals surface area contributed by atoms with E-state index in [0.29, 0.717) is 18.9 Å². The van der Waals surface area contributed by atoms with Crippen molar-refractivity contribution in [3.05, 3.63) is 48.3 Å². The van der Waals surface area contributed by atoms with Gasteiger partial charge < -0.3 is 14.6 Å². The molecule has 1 aromatic carbocycles. The maximum atomic E-state index is 12.1. The highest BCUT2D eigenvalue weighted by Crippen LogP contribution is 2.35. The summed E-state index contributed by atoms with van der Waals surface area (Å²) in [6.45, 7) is 4.50. The third kappa shape index (κ3) is 5.95. The summed E-state index contributed by atoms with van der Waals surface area (Å²) < 4.78 is 31.5. The van der Waals surface area contributed by atoms with Gasteiger partial charge in [0, 0.05) is 44.0 Å². The number of amides is 1. The van der Waals surface area contributed by atoms with Crippen molar-refractivity contribution in [3.63, 3.8) is 0 Å². The van der Waals surface area contributed by atoms with Crippen molar-refractivity contribution in [1.82, 2.24) is 19.6 Å². The zero-order valence-electron chi connectivity index (χ0n) is 19.7. The lowest BCUT2D eigenvalue weighted by Crippen LogP contribution is -2.39. The molecule has 4 rings (SSSR count). The van der Waals surface area contributed by atoms with E-state index in [-0.39, 0.29) is 12.5 Å². The van der Waals surface area contributed by atoms with Gasteiger partial charge in [-0.3, -0.25) is 4.79 Å². The van der Waals surface area contributed by atoms with Crippen molar-refractivity contribution in [2.45, 2.75) is 39.2 Å². The zero-order valence-corrected chi connectivity index (χ0v) is 20.5. The van der Waals surface area contributed by atoms with Crippen LogP contribution in [0.4, 0.5) is 0 Å². The Hall–Kier alpha value is -2.91. The van der Waals surface area contributed by atoms with Gasteiger partial charge in [0.25, 0.3) is 0 Å². The van der Waals surface area contributed by atoms with E-state index in [1.165, 1.54) is 0 Å². The topological polar surface area (TPSA) is 104 Å². The van der Waals surface area contributed by atoms with Gasteiger partial charge in [-0.05, 0) is 42.4 Å². The number of nitrogens with zero attached hydrogens (tertiary/aromatic N) is 2. The molecular weight excluding hydrogens is 452 g/mol. The average molecular weight is 485 g/mol. The van der Waals surface area contributed by atoms with E-state index in [9.17, 15) is 13.2 Å². The fraction of sp³-hybridized carbons (Fsp3) is 0.440. The number of likely N-dealkylation sites (tertiary alicyclic amines) is 1. The number of carbonyl (C=O) groups excluding carboxylic acids is 1. The first-order valence-electron chi connectivity index (χ1n) is 11.7. The average Bonchev–Trinajstić information content (AvgIpc) is 3.27. The van der Waals surface area contributed by atoms with Gasteiger partial charge in [-0.15, -0.1) is 0 Å². The second kappa shape index (κ2) is 10.6. The Balaban J connectivity index is 1.44. The van der Waals surface area contributed by atoms with E-state index in [1.807, 2.05) is 48.4 Å². The number of carbonyl (C=O) groups is 1. The number of fused-ring (bicyclic) bond motifs is 1. The van der Waals surface area contributed by atoms with Crippen molar-refractivity contribution < 1.29 is 17.9 Å². The zero-order chi connectivity index (χ0) is 24.1. The number of pyridine rings is 1. The van der Waals surface area contributed by atoms with Gasteiger partial charge in [0.1, 0.15) is 11.4 Å². The van der Waals surface area contributed by atoms with Crippen LogP contribution < -0.4 is 9.46 Å². The summed E-state index contributed by atoms with van der Waals surface area (Å²) in [6.07, 6.45) is 8.23. The highest BCUT2D eigenvalue weighted by Gasteiger charge is 2.23. The number of aromatic amines is 1. The van der Waals surface area contributed by atoms with Crippen LogP contribution in [0.25, 0.3) is 22.2 Å². The number of hydrogen-bond acceptors (Lipinski definition) is 5. The van der Waals surface area contributed by atoms with Gasteiger partial charge >= 0.3 is 0 Å². The summed E-state index contributed by atoms with van der Waals surface area (Å²) >= 11 is 0. The van der Waals surface area contributed by atoms with Crippen molar-refractivity contribution in [1.29, 1.82) is 0 Å². The molecule has 2 N–H and O–H groups in total. The third-order valence-corrected chi connectivity index (χ3v) is 6.91. The highest BCUT2D eigenvalue weighted by molar-refractivity contribution is 7.88. The van der Waals surface area contributed by atoms with Crippen LogP contribution in [0.15, 0.2) is 42.7 Å². The molecule has 0 aliphatic carbocycles. The first kappa shape index (κ1) is 24.2. The molecule has 1 aliphatic heterocycles. The molecule has 1 saturated heterocycles. The Morgan fingerprint density at radius 1 is 1.21 bits per heavy atom. The molecule has 9 heteroatoms. The molecule has 1 fully saturated rings. The van der Waals surface area contributed by atoms with Gasteiger partial charge in [0.05, 0.1) is 18.2 Å². The van der Waals surface area contributed by atoms with E-state index < -0.39 is 10.0 Å². The summed E-state index contributed by atoms with van der Waals surface area (Å²) in [7, 11) is -3.24. The van der Waals surface area contributed by atoms with Gasteiger partial charge in [-0.2, -0.15) is 0 Å². The summed E-state index contributed by atoms with van der Waals surface area (Å²) in [4.78, 5) is 21.8. The van der Waals surface area contributed by atoms with E-state index in [2.05, 4.69) is 14.7 Å². The monoisotopic (exact) mass is 484 g/mol. The number of rotatable bonds is 9. The highest BCUT2D eigenvalue weighted by atomic mass is 32.2. The first-order valence-corrected chi connectivity index (χ1v) is 13.6. The molecule has 1 amide bonds. The Kier molecular flexibility index (Phi) is 7.53. The number of sulfonamides is 1. The normalized spacial score (nSPS) is 15.1. The molecule has 34 heavy (non-hydrogen) atoms. The van der Waals surface area contributed by atoms with Crippen LogP contribution in [-0.4, -0.2) is 55.1 Å². The van der Waals surface area contributed by atoms with Crippen LogP contribution in [-0.2, 0) is 21.4 Å². The maximum Gasteiger partial charge on any atom is 0.222 e. The van der Waals surface area contributed by atoms with Crippen LogP contribution in [0.1, 0.15) is 38.2 Å². The van der Waals surface area contributed by atoms with E-state index in [4.69, 9.17) is 4.74 Å². The van der Waals surface area contributed by atoms with Gasteiger partial charge in [0.15, 0.2) is 0 Å². The van der Waals surface area contributed by atoms with Gasteiger partial charge in [0.2, 0.25) is 15.9 Å². The largest absolute Gasteiger partial charge is 0.492 e. The summed E-state index contributed by atoms with van der Waals surface area (Å²) in [5.74, 6) is 1.46. The molecule has 2 aromatic heterocycles. The summed E-state index contributed by atoms with van der Waals surface area (Å²) in [6, 6.07) is 9.67. The maximum absolute atomic E-state index is 12.1. The minimum Gasteiger partial charge on any atom is -0.492 e. The molecule has 0 saturated carbocycles. The Morgan fingerprint density at radius 3 is 2.62 bits per heavy atom. The number of benzene rings is 1. The van der Waals surface area contributed by atoms with Crippen molar-refractivity contribution in [2.24, 2.45) is 5.92 Å². The van der Waals surface area contributed by atoms with Gasteiger partial charge in [-0.1, -0.05) is 31.2 Å². The van der Waals surface area contributed by atoms with Crippen LogP contribution in [0.5, 0.6) is 5.75 Å². The Morgan fingerprint density at radius 2 is 1.94 bits per heavy atom. The van der Waals surface area contributed by atoms with E-state index in [1.54, 1.807) is 6.20 Å². The summed E-state index contributed by atoms with van der Waals surface area (Å²) in [5, 5.41) is 0.931. The summed E-state index contributed by atoms with van der Waals surface area (Å²) in [5.41, 5.74) is 3.62. The molecule has 3 heterocycles. The number of H-pyrrole nitrogens is 1. The second-order valence-electron chi connectivity index (χ2n) is 8.91. The fourth-order valence-electron chi connectivity index (χ4n) is 4.32. The van der Waals surface area contributed by atoms with Crippen LogP contribution in [0.3, 0.4) is 0 Å². The second-order valence-corrected chi connectivity index (χ2v) is 10.7. The van der Waals surface area contributed by atoms with Crippen LogP contribution in [0, 0.1) is 5.92 Å². The van der Waals surface area contributed by atoms with Crippen molar-refractivity contribution in [2.75, 3.05) is 26.0 Å². The predicted octanol–water partition coefficient (Wildman–Crippen LogP) is 3.70. The van der Waals surface area contributed by atoms with E-state index in [0.717, 1.165) is 72.1 Å². The Bertz CT molecular complexity index is 1230. The number of ether oxygens (including phenoxy) is 1. The lowest BCUT2D eigenvalue weighted by atomic mass is 9.97. The third-order valence-electron chi connectivity index (χ3n) is 6.24. The fourth-order valence-corrected chi connectivity index (χ4v) is 4.75. The predicted molar refractivity (Wildman–Crippen MR) is 133 cm³/mol. The molecule has 0 atom stereocenters. The van der Waals surface area contributed by atoms with E-state index >= 15 is 0 Å². The quantitative estimate of drug-likeness (QED) is 0.482. The van der Waals surface area contributed by atoms with Crippen LogP contribution >= 0.6 is 0 Å². The molecule has 0 bridgehead atoms. The SMILES string of the molecule is CCCC(=O)N1CCC(COc2ccnc3[nH]cc(-c4ccc(CNS(C)(=O)=O)cc4)c23)CC1. The molecule has 182 valence electrons.